The molecule has 2 rings (SSSR count). The Balaban J connectivity index is 2.46. The van der Waals surface area contributed by atoms with Crippen LogP contribution in [0.15, 0.2) is 24.5 Å². The fourth-order valence-corrected chi connectivity index (χ4v) is 1.27. The molecule has 2 aromatic rings. The van der Waals surface area contributed by atoms with Gasteiger partial charge in [-0.25, -0.2) is 9.67 Å². The smallest absolute Gasteiger partial charge is 0.164 e. The SMILES string of the molecule is Cn1nc(CN)nc1-c1cccnc1. The quantitative estimate of drug-likeness (QED) is 0.739. The monoisotopic (exact) mass is 189 g/mol. The van der Waals surface area contributed by atoms with E-state index < -0.39 is 0 Å². The molecule has 72 valence electrons. The Hall–Kier alpha value is -1.75. The van der Waals surface area contributed by atoms with Crippen LogP contribution in [0.3, 0.4) is 0 Å². The number of aryl methyl sites for hydroxylation is 1. The number of rotatable bonds is 2. The highest BCUT2D eigenvalue weighted by molar-refractivity contribution is 5.53. The van der Waals surface area contributed by atoms with Gasteiger partial charge < -0.3 is 5.73 Å². The molecule has 0 bridgehead atoms. The molecule has 5 nitrogen and oxygen atoms in total. The maximum Gasteiger partial charge on any atom is 0.164 e. The zero-order valence-corrected chi connectivity index (χ0v) is 7.88. The van der Waals surface area contributed by atoms with Gasteiger partial charge in [-0.1, -0.05) is 0 Å². The van der Waals surface area contributed by atoms with E-state index in [-0.39, 0.29) is 0 Å². The minimum Gasteiger partial charge on any atom is -0.324 e. The zero-order chi connectivity index (χ0) is 9.97. The third-order valence-electron chi connectivity index (χ3n) is 1.91. The summed E-state index contributed by atoms with van der Waals surface area (Å²) >= 11 is 0. The summed E-state index contributed by atoms with van der Waals surface area (Å²) < 4.78 is 1.71. The first-order valence-electron chi connectivity index (χ1n) is 4.31. The third-order valence-corrected chi connectivity index (χ3v) is 1.91. The van der Waals surface area contributed by atoms with E-state index in [1.165, 1.54) is 0 Å². The van der Waals surface area contributed by atoms with Crippen LogP contribution in [0.2, 0.25) is 0 Å². The van der Waals surface area contributed by atoms with Crippen LogP contribution >= 0.6 is 0 Å². The molecule has 0 unspecified atom stereocenters. The number of pyridine rings is 1. The van der Waals surface area contributed by atoms with Gasteiger partial charge in [0.15, 0.2) is 11.6 Å². The summed E-state index contributed by atoms with van der Waals surface area (Å²) in [5.74, 6) is 1.44. The van der Waals surface area contributed by atoms with E-state index in [9.17, 15) is 0 Å². The topological polar surface area (TPSA) is 69.6 Å². The van der Waals surface area contributed by atoms with E-state index in [0.29, 0.717) is 12.4 Å². The summed E-state index contributed by atoms with van der Waals surface area (Å²) in [6, 6.07) is 3.81. The average molecular weight is 189 g/mol. The minimum atomic E-state index is 0.355. The van der Waals surface area contributed by atoms with Gasteiger partial charge in [-0.05, 0) is 12.1 Å². The van der Waals surface area contributed by atoms with Crippen LogP contribution in [0.4, 0.5) is 0 Å². The maximum atomic E-state index is 5.46. The first kappa shape index (κ1) is 8.83. The fourth-order valence-electron chi connectivity index (χ4n) is 1.27. The molecule has 0 spiro atoms. The van der Waals surface area contributed by atoms with E-state index in [1.807, 2.05) is 19.2 Å². The van der Waals surface area contributed by atoms with Crippen molar-refractivity contribution in [3.63, 3.8) is 0 Å². The van der Waals surface area contributed by atoms with Crippen LogP contribution in [0.25, 0.3) is 11.4 Å². The second-order valence-electron chi connectivity index (χ2n) is 2.92. The lowest BCUT2D eigenvalue weighted by Gasteiger charge is -1.97. The van der Waals surface area contributed by atoms with Crippen LogP contribution < -0.4 is 5.73 Å². The summed E-state index contributed by atoms with van der Waals surface area (Å²) in [5.41, 5.74) is 6.40. The Morgan fingerprint density at radius 1 is 1.50 bits per heavy atom. The molecule has 0 fully saturated rings. The number of aromatic nitrogens is 4. The lowest BCUT2D eigenvalue weighted by atomic mass is 10.3. The Bertz CT molecular complexity index is 420. The normalized spacial score (nSPS) is 10.4. The number of hydrogen-bond acceptors (Lipinski definition) is 4. The molecular weight excluding hydrogens is 178 g/mol. The van der Waals surface area contributed by atoms with Gasteiger partial charge in [0.05, 0.1) is 6.54 Å². The first-order chi connectivity index (χ1) is 6.81. The van der Waals surface area contributed by atoms with Crippen molar-refractivity contribution in [3.05, 3.63) is 30.4 Å². The molecule has 0 radical (unpaired) electrons. The van der Waals surface area contributed by atoms with Gasteiger partial charge >= 0.3 is 0 Å². The Morgan fingerprint density at radius 2 is 2.36 bits per heavy atom. The maximum absolute atomic E-state index is 5.46. The molecule has 0 aromatic carbocycles. The van der Waals surface area contributed by atoms with Crippen molar-refractivity contribution < 1.29 is 0 Å². The highest BCUT2D eigenvalue weighted by Gasteiger charge is 2.07. The molecule has 0 saturated carbocycles. The molecule has 0 amide bonds. The van der Waals surface area contributed by atoms with Gasteiger partial charge in [0, 0.05) is 25.0 Å². The van der Waals surface area contributed by atoms with E-state index >= 15 is 0 Å². The van der Waals surface area contributed by atoms with Gasteiger partial charge in [0.2, 0.25) is 0 Å². The molecule has 2 aromatic heterocycles. The van der Waals surface area contributed by atoms with Gasteiger partial charge in [-0.15, -0.1) is 0 Å². The Kier molecular flexibility index (Phi) is 2.24. The highest BCUT2D eigenvalue weighted by Crippen LogP contribution is 2.13. The lowest BCUT2D eigenvalue weighted by Crippen LogP contribution is -1.99. The second kappa shape index (κ2) is 3.55. The van der Waals surface area contributed by atoms with Crippen LogP contribution in [0, 0.1) is 0 Å². The molecule has 0 saturated heterocycles. The molecular formula is C9H11N5. The van der Waals surface area contributed by atoms with Crippen LogP contribution in [-0.2, 0) is 13.6 Å². The van der Waals surface area contributed by atoms with Gasteiger partial charge in [-0.3, -0.25) is 4.98 Å². The standard InChI is InChI=1S/C9H11N5/c1-14-9(12-8(5-10)13-14)7-3-2-4-11-6-7/h2-4,6H,5,10H2,1H3. The van der Waals surface area contributed by atoms with Gasteiger partial charge in [0.25, 0.3) is 0 Å². The molecule has 0 aliphatic heterocycles. The van der Waals surface area contributed by atoms with E-state index in [2.05, 4.69) is 15.1 Å². The summed E-state index contributed by atoms with van der Waals surface area (Å²) in [4.78, 5) is 8.31. The van der Waals surface area contributed by atoms with Crippen molar-refractivity contribution in [1.82, 2.24) is 19.7 Å². The summed E-state index contributed by atoms with van der Waals surface area (Å²) in [6.45, 7) is 0.355. The predicted molar refractivity (Wildman–Crippen MR) is 52.1 cm³/mol. The number of nitrogens with two attached hydrogens (primary N) is 1. The lowest BCUT2D eigenvalue weighted by molar-refractivity contribution is 0.748. The van der Waals surface area contributed by atoms with Crippen molar-refractivity contribution in [2.75, 3.05) is 0 Å². The summed E-state index contributed by atoms with van der Waals surface area (Å²) in [7, 11) is 1.84. The highest BCUT2D eigenvalue weighted by atomic mass is 15.3. The van der Waals surface area contributed by atoms with Gasteiger partial charge in [-0.2, -0.15) is 5.10 Å². The predicted octanol–water partition coefficient (Wildman–Crippen LogP) is 0.336. The van der Waals surface area contributed by atoms with E-state index in [4.69, 9.17) is 5.73 Å². The van der Waals surface area contributed by atoms with E-state index in [1.54, 1.807) is 17.1 Å². The van der Waals surface area contributed by atoms with Crippen LogP contribution in [-0.4, -0.2) is 19.7 Å². The summed E-state index contributed by atoms with van der Waals surface area (Å²) in [6.07, 6.45) is 3.48. The first-order valence-corrected chi connectivity index (χ1v) is 4.31. The van der Waals surface area contributed by atoms with Crippen molar-refractivity contribution in [1.29, 1.82) is 0 Å². The van der Waals surface area contributed by atoms with Crippen LogP contribution in [0.5, 0.6) is 0 Å². The van der Waals surface area contributed by atoms with Crippen molar-refractivity contribution in [2.24, 2.45) is 12.8 Å². The molecule has 0 aliphatic carbocycles. The summed E-state index contributed by atoms with van der Waals surface area (Å²) in [5, 5.41) is 4.16. The Labute approximate surface area is 81.6 Å². The third kappa shape index (κ3) is 1.49. The minimum absolute atomic E-state index is 0.355. The number of hydrogen-bond donors (Lipinski definition) is 1. The van der Waals surface area contributed by atoms with E-state index in [0.717, 1.165) is 11.4 Å². The second-order valence-corrected chi connectivity index (χ2v) is 2.92. The molecule has 2 N–H and O–H groups in total. The largest absolute Gasteiger partial charge is 0.324 e. The van der Waals surface area contributed by atoms with Crippen molar-refractivity contribution in [3.8, 4) is 11.4 Å². The van der Waals surface area contributed by atoms with Gasteiger partial charge in [0.1, 0.15) is 0 Å². The van der Waals surface area contributed by atoms with Crippen LogP contribution in [0.1, 0.15) is 5.82 Å². The molecule has 14 heavy (non-hydrogen) atoms. The number of nitrogens with zero attached hydrogens (tertiary/aromatic N) is 4. The molecule has 0 atom stereocenters. The van der Waals surface area contributed by atoms with Crippen molar-refractivity contribution in [2.45, 2.75) is 6.54 Å². The molecule has 2 heterocycles. The molecule has 0 aliphatic rings. The fraction of sp³-hybridized carbons (Fsp3) is 0.222. The van der Waals surface area contributed by atoms with Crippen molar-refractivity contribution >= 4 is 0 Å². The average Bonchev–Trinajstić information content (AvgIpc) is 2.61. The zero-order valence-electron chi connectivity index (χ0n) is 7.88. The molecule has 5 heteroatoms. The Morgan fingerprint density at radius 3 is 2.93 bits per heavy atom.